The maximum Gasteiger partial charge on any atom is 0.418 e. The summed E-state index contributed by atoms with van der Waals surface area (Å²) in [5.74, 6) is 1.12. The van der Waals surface area contributed by atoms with E-state index in [1.807, 2.05) is 23.7 Å². The van der Waals surface area contributed by atoms with Crippen LogP contribution in [0.2, 0.25) is 0 Å². The van der Waals surface area contributed by atoms with Crippen LogP contribution < -0.4 is 5.69 Å². The number of alkyl halides is 3. The molecule has 200 valence electrons. The van der Waals surface area contributed by atoms with Crippen molar-refractivity contribution in [2.45, 2.75) is 37.9 Å². The number of carbonyl (C=O) groups excluding carboxylic acids is 1. The molecule has 0 bridgehead atoms. The number of halogens is 3. The highest BCUT2D eigenvalue weighted by molar-refractivity contribution is 5.67. The number of benzene rings is 1. The first-order valence-corrected chi connectivity index (χ1v) is 12.2. The number of amides is 1. The molecule has 9 nitrogen and oxygen atoms in total. The van der Waals surface area contributed by atoms with Crippen LogP contribution in [0.3, 0.4) is 0 Å². The van der Waals surface area contributed by atoms with Crippen LogP contribution >= 0.6 is 0 Å². The lowest BCUT2D eigenvalue weighted by Gasteiger charge is -2.33. The summed E-state index contributed by atoms with van der Waals surface area (Å²) < 4.78 is 50.9. The van der Waals surface area contributed by atoms with E-state index >= 15 is 0 Å². The third-order valence-corrected chi connectivity index (χ3v) is 7.19. The fraction of sp³-hybridized carbons (Fsp3) is 0.385. The largest absolute Gasteiger partial charge is 0.453 e. The van der Waals surface area contributed by atoms with Crippen LogP contribution in [0.5, 0.6) is 0 Å². The number of hydrogen-bond donors (Lipinski definition) is 0. The summed E-state index contributed by atoms with van der Waals surface area (Å²) in [7, 11) is 4.46. The molecule has 1 amide bonds. The number of carbonyl (C=O) groups is 1. The van der Waals surface area contributed by atoms with Gasteiger partial charge in [-0.3, -0.25) is 8.97 Å². The molecule has 4 aromatic rings. The van der Waals surface area contributed by atoms with Gasteiger partial charge in [-0.15, -0.1) is 10.2 Å². The van der Waals surface area contributed by atoms with Gasteiger partial charge in [-0.2, -0.15) is 13.2 Å². The summed E-state index contributed by atoms with van der Waals surface area (Å²) in [6, 6.07) is 8.22. The Morgan fingerprint density at radius 3 is 2.61 bits per heavy atom. The molecule has 3 aromatic heterocycles. The zero-order chi connectivity index (χ0) is 27.2. The molecular formula is C26H27F3N6O3. The molecule has 1 atom stereocenters. The third kappa shape index (κ3) is 4.54. The number of pyridine rings is 1. The third-order valence-electron chi connectivity index (χ3n) is 7.19. The van der Waals surface area contributed by atoms with Crippen LogP contribution in [0.4, 0.5) is 18.0 Å². The van der Waals surface area contributed by atoms with Crippen molar-refractivity contribution in [3.8, 4) is 5.69 Å². The quantitative estimate of drug-likeness (QED) is 0.371. The van der Waals surface area contributed by atoms with Crippen molar-refractivity contribution in [1.82, 2.24) is 28.6 Å². The molecule has 38 heavy (non-hydrogen) atoms. The molecule has 1 aromatic carbocycles. The first kappa shape index (κ1) is 25.6. The minimum absolute atomic E-state index is 0.0462. The van der Waals surface area contributed by atoms with Crippen LogP contribution in [-0.4, -0.2) is 48.9 Å². The average Bonchev–Trinajstić information content (AvgIpc) is 3.42. The Morgan fingerprint density at radius 2 is 2.00 bits per heavy atom. The van der Waals surface area contributed by atoms with Gasteiger partial charge in [0.2, 0.25) is 0 Å². The second kappa shape index (κ2) is 9.66. The first-order valence-electron chi connectivity index (χ1n) is 12.2. The minimum atomic E-state index is -4.72. The van der Waals surface area contributed by atoms with Crippen molar-refractivity contribution in [2.24, 2.45) is 13.0 Å². The van der Waals surface area contributed by atoms with Crippen LogP contribution in [0.1, 0.15) is 47.7 Å². The number of aryl methyl sites for hydroxylation is 1. The molecule has 12 heteroatoms. The maximum absolute atomic E-state index is 14.1. The van der Waals surface area contributed by atoms with E-state index < -0.39 is 23.5 Å². The molecule has 0 aliphatic heterocycles. The molecule has 0 saturated heterocycles. The Balaban J connectivity index is 1.61. The van der Waals surface area contributed by atoms with Gasteiger partial charge >= 0.3 is 18.0 Å². The van der Waals surface area contributed by atoms with E-state index in [-0.39, 0.29) is 23.5 Å². The van der Waals surface area contributed by atoms with Crippen LogP contribution in [0.15, 0.2) is 53.8 Å². The van der Waals surface area contributed by atoms with Gasteiger partial charge < -0.3 is 14.2 Å². The Bertz CT molecular complexity index is 1550. The van der Waals surface area contributed by atoms with Gasteiger partial charge in [0.15, 0.2) is 0 Å². The fourth-order valence-electron chi connectivity index (χ4n) is 5.09. The number of fused-ring (bicyclic) bond motifs is 1. The van der Waals surface area contributed by atoms with E-state index in [0.717, 1.165) is 46.0 Å². The normalized spacial score (nSPS) is 14.9. The van der Waals surface area contributed by atoms with E-state index in [4.69, 9.17) is 0 Å². The highest BCUT2D eigenvalue weighted by Gasteiger charge is 2.35. The van der Waals surface area contributed by atoms with Gasteiger partial charge in [0, 0.05) is 32.4 Å². The Morgan fingerprint density at radius 1 is 1.24 bits per heavy atom. The van der Waals surface area contributed by atoms with Gasteiger partial charge in [0.05, 0.1) is 30.4 Å². The molecule has 0 N–H and O–H groups in total. The van der Waals surface area contributed by atoms with Crippen molar-refractivity contribution in [2.75, 3.05) is 14.2 Å². The zero-order valence-corrected chi connectivity index (χ0v) is 21.1. The molecule has 5 rings (SSSR count). The van der Waals surface area contributed by atoms with Crippen LogP contribution in [0, 0.1) is 5.92 Å². The van der Waals surface area contributed by atoms with Gasteiger partial charge in [-0.25, -0.2) is 9.59 Å². The van der Waals surface area contributed by atoms with Crippen molar-refractivity contribution >= 4 is 11.6 Å². The Labute approximate surface area is 216 Å². The predicted octanol–water partition coefficient (Wildman–Crippen LogP) is 4.37. The lowest BCUT2D eigenvalue weighted by atomic mass is 9.72. The lowest BCUT2D eigenvalue weighted by molar-refractivity contribution is -0.136. The van der Waals surface area contributed by atoms with Crippen molar-refractivity contribution in [3.05, 3.63) is 82.1 Å². The predicted molar refractivity (Wildman–Crippen MR) is 132 cm³/mol. The van der Waals surface area contributed by atoms with E-state index in [9.17, 15) is 22.8 Å². The van der Waals surface area contributed by atoms with Gasteiger partial charge in [-0.05, 0) is 48.1 Å². The number of ether oxygens (including phenoxy) is 1. The number of hydrogen-bond acceptors (Lipinski definition) is 5. The Kier molecular flexibility index (Phi) is 6.49. The monoisotopic (exact) mass is 528 g/mol. The highest BCUT2D eigenvalue weighted by Crippen LogP contribution is 2.43. The number of aromatic nitrogens is 5. The van der Waals surface area contributed by atoms with E-state index in [1.165, 1.54) is 31.1 Å². The summed E-state index contributed by atoms with van der Waals surface area (Å²) >= 11 is 0. The van der Waals surface area contributed by atoms with Crippen LogP contribution in [-0.2, 0) is 24.5 Å². The number of imidazole rings is 1. The molecule has 1 saturated carbocycles. The van der Waals surface area contributed by atoms with Gasteiger partial charge in [0.1, 0.15) is 12.2 Å². The molecule has 1 aliphatic carbocycles. The summed E-state index contributed by atoms with van der Waals surface area (Å²) in [6.45, 7) is -0.167. The van der Waals surface area contributed by atoms with Gasteiger partial charge in [0.25, 0.3) is 0 Å². The fourth-order valence-corrected chi connectivity index (χ4v) is 5.09. The molecular weight excluding hydrogens is 501 g/mol. The molecule has 0 radical (unpaired) electrons. The lowest BCUT2D eigenvalue weighted by Crippen LogP contribution is -2.27. The van der Waals surface area contributed by atoms with Crippen molar-refractivity contribution < 1.29 is 22.7 Å². The molecule has 1 fully saturated rings. The highest BCUT2D eigenvalue weighted by atomic mass is 19.4. The smallest absolute Gasteiger partial charge is 0.418 e. The topological polar surface area (TPSA) is 86.7 Å². The zero-order valence-electron chi connectivity index (χ0n) is 21.1. The number of rotatable bonds is 6. The first-order chi connectivity index (χ1) is 18.1. The molecule has 3 heterocycles. The molecule has 0 unspecified atom stereocenters. The number of nitrogens with zero attached hydrogens (tertiary/aromatic N) is 6. The van der Waals surface area contributed by atoms with Crippen LogP contribution in [0.25, 0.3) is 11.2 Å². The van der Waals surface area contributed by atoms with E-state index in [2.05, 4.69) is 14.9 Å². The summed E-state index contributed by atoms with van der Waals surface area (Å²) in [5.41, 5.74) is -0.387. The maximum atomic E-state index is 14.1. The van der Waals surface area contributed by atoms with Gasteiger partial charge in [-0.1, -0.05) is 18.6 Å². The number of methoxy groups -OCH3 is 1. The average molecular weight is 529 g/mol. The van der Waals surface area contributed by atoms with E-state index in [0.29, 0.717) is 11.6 Å². The summed E-state index contributed by atoms with van der Waals surface area (Å²) in [4.78, 5) is 26.3. The van der Waals surface area contributed by atoms with Crippen molar-refractivity contribution in [1.29, 1.82) is 0 Å². The minimum Gasteiger partial charge on any atom is -0.453 e. The summed E-state index contributed by atoms with van der Waals surface area (Å²) in [6.07, 6.45) is 1.95. The standard InChI is InChI=1S/C26H27F3N6O3/c1-32(25(37)38-3)12-16-10-20(26(27,28)29)21-14-34(24(36)35(21)13-16)19-9-5-8-18(11-19)22(17-6-4-7-17)23-31-30-15-33(23)2/h5,8-11,13-15,17,22H,4,6-7,12H2,1-3H3/t22-/m1/s1. The molecule has 0 spiro atoms. The summed E-state index contributed by atoms with van der Waals surface area (Å²) in [5, 5.41) is 8.34. The second-order valence-corrected chi connectivity index (χ2v) is 9.69. The second-order valence-electron chi connectivity index (χ2n) is 9.69. The van der Waals surface area contributed by atoms with Crippen molar-refractivity contribution in [3.63, 3.8) is 0 Å². The molecule has 1 aliphatic rings. The SMILES string of the molecule is COC(=O)N(C)Cc1cc(C(F)(F)F)c2cn(-c3cccc([C@H](c4nncn4C)C4CCC4)c3)c(=O)n2c1. The van der Waals surface area contributed by atoms with E-state index in [1.54, 1.807) is 18.5 Å². The Hall–Kier alpha value is -4.09.